The van der Waals surface area contributed by atoms with Crippen LogP contribution in [0.2, 0.25) is 5.02 Å². The summed E-state index contributed by atoms with van der Waals surface area (Å²) in [6, 6.07) is 19.6. The molecule has 6 nitrogen and oxygen atoms in total. The van der Waals surface area contributed by atoms with Crippen LogP contribution in [-0.4, -0.2) is 56.6 Å². The molecule has 3 heterocycles. The van der Waals surface area contributed by atoms with Crippen LogP contribution in [0.4, 0.5) is 10.1 Å². The van der Waals surface area contributed by atoms with Crippen molar-refractivity contribution in [2.45, 2.75) is 99.3 Å². The normalized spacial score (nSPS) is 16.8. The number of hydrogen-bond donors (Lipinski definition) is 3. The van der Waals surface area contributed by atoms with E-state index in [4.69, 9.17) is 16.9 Å². The third-order valence-corrected chi connectivity index (χ3v) is 12.8. The highest BCUT2D eigenvalue weighted by Gasteiger charge is 2.27. The predicted molar refractivity (Wildman–Crippen MR) is 289 cm³/mol. The molecule has 67 heavy (non-hydrogen) atoms. The molecule has 3 saturated heterocycles. The van der Waals surface area contributed by atoms with Gasteiger partial charge in [-0.25, -0.2) is 4.39 Å². The summed E-state index contributed by atoms with van der Waals surface area (Å²) in [5.74, 6) is 8.74. The average molecular weight is 930 g/mol. The minimum Gasteiger partial charge on any atom is -0.388 e. The highest BCUT2D eigenvalue weighted by Crippen LogP contribution is 2.31. The quantitative estimate of drug-likeness (QED) is 0.101. The Morgan fingerprint density at radius 3 is 2.16 bits per heavy atom. The molecule has 3 unspecified atom stereocenters. The number of allylic oxidation sites excluding steroid dienone is 7. The van der Waals surface area contributed by atoms with Crippen LogP contribution in [0.15, 0.2) is 129 Å². The molecule has 3 aromatic carbocycles. The van der Waals surface area contributed by atoms with Gasteiger partial charge in [-0.2, -0.15) is 5.26 Å². The zero-order valence-electron chi connectivity index (χ0n) is 42.5. The van der Waals surface area contributed by atoms with E-state index >= 15 is 0 Å². The SMILES string of the molecule is C=C(C)c1cccc(C#CC2CCN(C(=C)C3CCN(C#N)CC3)CC2)c1CC.C=C1CCC(C)C(=C)N1.C=CC(/C=C/C)C(CNC)c1cccc(C)c1F.CC.CNc1cccc(Cl)c1. The molecule has 0 saturated carbocycles. The van der Waals surface area contributed by atoms with Crippen LogP contribution in [0.1, 0.15) is 114 Å². The minimum absolute atomic E-state index is 0.0728. The van der Waals surface area contributed by atoms with Gasteiger partial charge in [-0.15, -0.1) is 6.58 Å². The number of hydrogen-bond acceptors (Lipinski definition) is 6. The Kier molecular flexibility index (Phi) is 27.1. The average Bonchev–Trinajstić information content (AvgIpc) is 3.35. The molecular weight excluding hydrogens is 847 g/mol. The second kappa shape index (κ2) is 31.5. The standard InChI is InChI=1S/C26H33N3.C16H22FN.C8H13N.C7H8ClN.C2H6/c1-5-25-24(7-6-8-26(25)20(2)3)10-9-22-11-17-29(18-12-22)21(4)23-13-15-28(19-27)16-14-23;1-5-8-13(6-2)15(11-18-4)14-10-7-9-12(3)16(14)17;1-6-4-5-7(2)9-8(6)3;1-9-7-4-2-3-6(8)5-7;1-2/h6-8,22-23H,2,4-5,11-18H2,1,3H3;5-10,13,15,18H,2,11H2,1,3-4H3;6,9H,2-5H2,1H3;2-5,9H,1H3;1-2H3/b;8-5+;;;. The van der Waals surface area contributed by atoms with E-state index in [0.29, 0.717) is 23.3 Å². The Bertz CT molecular complexity index is 2170. The van der Waals surface area contributed by atoms with Crippen molar-refractivity contribution in [3.05, 3.63) is 168 Å². The maximum absolute atomic E-state index is 14.2. The molecule has 6 rings (SSSR count). The lowest BCUT2D eigenvalue weighted by atomic mass is 9.84. The van der Waals surface area contributed by atoms with E-state index in [1.807, 2.05) is 88.3 Å². The number of nitrogens with one attached hydrogen (secondary N) is 3. The second-order valence-electron chi connectivity index (χ2n) is 17.3. The Morgan fingerprint density at radius 2 is 1.64 bits per heavy atom. The molecule has 0 bridgehead atoms. The summed E-state index contributed by atoms with van der Waals surface area (Å²) in [4.78, 5) is 4.32. The lowest BCUT2D eigenvalue weighted by molar-refractivity contribution is 0.196. The zero-order chi connectivity index (χ0) is 49.9. The molecule has 0 amide bonds. The summed E-state index contributed by atoms with van der Waals surface area (Å²) in [6.07, 6.45) is 15.8. The molecule has 3 N–H and O–H groups in total. The highest BCUT2D eigenvalue weighted by atomic mass is 35.5. The Labute approximate surface area is 411 Å². The summed E-state index contributed by atoms with van der Waals surface area (Å²) in [6.45, 7) is 38.8. The van der Waals surface area contributed by atoms with E-state index in [-0.39, 0.29) is 17.7 Å². The maximum Gasteiger partial charge on any atom is 0.179 e. The van der Waals surface area contributed by atoms with Crippen LogP contribution in [0, 0.1) is 59.7 Å². The molecule has 362 valence electrons. The first kappa shape index (κ1) is 57.7. The highest BCUT2D eigenvalue weighted by molar-refractivity contribution is 6.30. The van der Waals surface area contributed by atoms with Crippen LogP contribution in [-0.2, 0) is 6.42 Å². The van der Waals surface area contributed by atoms with Crippen LogP contribution < -0.4 is 16.0 Å². The van der Waals surface area contributed by atoms with E-state index in [9.17, 15) is 4.39 Å². The number of nitriles is 1. The van der Waals surface area contributed by atoms with Gasteiger partial charge in [0.25, 0.3) is 0 Å². The number of likely N-dealkylation sites (N-methyl/N-ethyl adjacent to an activating group) is 1. The number of benzene rings is 3. The van der Waals surface area contributed by atoms with Crippen molar-refractivity contribution in [3.63, 3.8) is 0 Å². The van der Waals surface area contributed by atoms with Crippen molar-refractivity contribution in [2.24, 2.45) is 23.7 Å². The Hall–Kier alpha value is -5.47. The molecule has 0 aliphatic carbocycles. The van der Waals surface area contributed by atoms with Gasteiger partial charge in [0.15, 0.2) is 6.19 Å². The van der Waals surface area contributed by atoms with Crippen molar-refractivity contribution in [3.8, 4) is 18.0 Å². The minimum atomic E-state index is -0.103. The second-order valence-corrected chi connectivity index (χ2v) is 17.7. The van der Waals surface area contributed by atoms with Gasteiger partial charge in [0, 0.05) is 96.8 Å². The van der Waals surface area contributed by atoms with E-state index in [2.05, 4.69) is 117 Å². The third-order valence-electron chi connectivity index (χ3n) is 12.5. The predicted octanol–water partition coefficient (Wildman–Crippen LogP) is 14.3. The molecule has 8 heteroatoms. The van der Waals surface area contributed by atoms with Gasteiger partial charge in [0.05, 0.1) is 0 Å². The molecule has 3 aliphatic heterocycles. The fraction of sp³-hybridized carbons (Fsp3) is 0.441. The fourth-order valence-electron chi connectivity index (χ4n) is 8.40. The Balaban J connectivity index is 0.000000342. The van der Waals surface area contributed by atoms with Crippen molar-refractivity contribution in [1.82, 2.24) is 20.4 Å². The van der Waals surface area contributed by atoms with Crippen LogP contribution in [0.3, 0.4) is 0 Å². The summed E-state index contributed by atoms with van der Waals surface area (Å²) < 4.78 is 14.2. The van der Waals surface area contributed by atoms with E-state index in [0.717, 1.165) is 110 Å². The van der Waals surface area contributed by atoms with Gasteiger partial charge in [0.1, 0.15) is 5.82 Å². The number of rotatable bonds is 11. The van der Waals surface area contributed by atoms with Crippen molar-refractivity contribution in [2.75, 3.05) is 52.1 Å². The number of anilines is 1. The molecule has 3 aliphatic rings. The van der Waals surface area contributed by atoms with Crippen LogP contribution >= 0.6 is 11.6 Å². The topological polar surface area (TPSA) is 66.4 Å². The smallest absolute Gasteiger partial charge is 0.179 e. The van der Waals surface area contributed by atoms with Gasteiger partial charge in [-0.05, 0) is 125 Å². The first-order valence-electron chi connectivity index (χ1n) is 24.3. The van der Waals surface area contributed by atoms with Gasteiger partial charge < -0.3 is 25.8 Å². The van der Waals surface area contributed by atoms with Crippen molar-refractivity contribution >= 4 is 22.9 Å². The first-order chi connectivity index (χ1) is 32.2. The van der Waals surface area contributed by atoms with Gasteiger partial charge >= 0.3 is 0 Å². The fourth-order valence-corrected chi connectivity index (χ4v) is 8.59. The van der Waals surface area contributed by atoms with Gasteiger partial charge in [-0.1, -0.05) is 138 Å². The lowest BCUT2D eigenvalue weighted by Gasteiger charge is -2.38. The number of halogens is 2. The molecule has 0 aromatic heterocycles. The van der Waals surface area contributed by atoms with Crippen molar-refractivity contribution in [1.29, 1.82) is 5.26 Å². The third kappa shape index (κ3) is 19.0. The van der Waals surface area contributed by atoms with Gasteiger partial charge in [-0.3, -0.25) is 0 Å². The summed E-state index contributed by atoms with van der Waals surface area (Å²) in [5, 5.41) is 19.1. The van der Waals surface area contributed by atoms with E-state index < -0.39 is 0 Å². The number of piperidine rings is 3. The largest absolute Gasteiger partial charge is 0.388 e. The van der Waals surface area contributed by atoms with Gasteiger partial charge in [0.2, 0.25) is 0 Å². The molecule has 3 aromatic rings. The Morgan fingerprint density at radius 1 is 0.985 bits per heavy atom. The van der Waals surface area contributed by atoms with E-state index in [1.165, 1.54) is 23.2 Å². The number of nitrogens with zero attached hydrogens (tertiary/aromatic N) is 3. The number of likely N-dealkylation sites (tertiary alicyclic amines) is 2. The maximum atomic E-state index is 14.2. The van der Waals surface area contributed by atoms with Crippen molar-refractivity contribution < 1.29 is 4.39 Å². The first-order valence-corrected chi connectivity index (χ1v) is 24.7. The lowest BCUT2D eigenvalue weighted by Crippen LogP contribution is -2.38. The summed E-state index contributed by atoms with van der Waals surface area (Å²) >= 11 is 5.68. The molecule has 0 spiro atoms. The number of aryl methyl sites for hydroxylation is 1. The molecule has 0 radical (unpaired) electrons. The molecule has 3 atom stereocenters. The monoisotopic (exact) mass is 929 g/mol. The summed E-state index contributed by atoms with van der Waals surface area (Å²) in [5.41, 5.74) is 10.8. The summed E-state index contributed by atoms with van der Waals surface area (Å²) in [7, 11) is 3.75. The van der Waals surface area contributed by atoms with E-state index in [1.54, 1.807) is 13.0 Å². The van der Waals surface area contributed by atoms with Crippen LogP contribution in [0.25, 0.3) is 5.57 Å². The zero-order valence-corrected chi connectivity index (χ0v) is 43.3. The molecular formula is C59H82ClFN6. The molecule has 3 fully saturated rings. The van der Waals surface area contributed by atoms with Crippen LogP contribution in [0.5, 0.6) is 0 Å².